The molecule has 3 aromatic carbocycles. The smallest absolute Gasteiger partial charge is 0.187 e. The summed E-state index contributed by atoms with van der Waals surface area (Å²) in [5, 5.41) is 10.5. The van der Waals surface area contributed by atoms with E-state index in [-0.39, 0.29) is 12.1 Å². The van der Waals surface area contributed by atoms with Gasteiger partial charge in [-0.15, -0.1) is 0 Å². The van der Waals surface area contributed by atoms with Crippen molar-refractivity contribution in [3.63, 3.8) is 0 Å². The lowest BCUT2D eigenvalue weighted by Gasteiger charge is -2.45. The van der Waals surface area contributed by atoms with Crippen molar-refractivity contribution >= 4 is 38.9 Å². The summed E-state index contributed by atoms with van der Waals surface area (Å²) in [4.78, 5) is 8.30. The van der Waals surface area contributed by atoms with Crippen LogP contribution in [0.1, 0.15) is 35.7 Å². The molecule has 0 bridgehead atoms. The van der Waals surface area contributed by atoms with Crippen LogP contribution >= 0.6 is 27.5 Å². The van der Waals surface area contributed by atoms with Gasteiger partial charge in [0.25, 0.3) is 0 Å². The van der Waals surface area contributed by atoms with E-state index in [4.69, 9.17) is 18.2 Å². The summed E-state index contributed by atoms with van der Waals surface area (Å²) < 4.78 is 0.899. The first-order chi connectivity index (χ1) is 15.5. The highest BCUT2D eigenvalue weighted by Crippen LogP contribution is 2.37. The fourth-order valence-corrected chi connectivity index (χ4v) is 4.79. The van der Waals surface area contributed by atoms with E-state index in [1.165, 1.54) is 11.1 Å². The molecule has 0 spiro atoms. The van der Waals surface area contributed by atoms with E-state index in [1.54, 1.807) is 0 Å². The molecule has 1 unspecified atom stereocenters. The molecule has 160 valence electrons. The zero-order chi connectivity index (χ0) is 22.7. The number of nitriles is 1. The topological polar surface area (TPSA) is 34.6 Å². The van der Waals surface area contributed by atoms with Crippen molar-refractivity contribution < 1.29 is 0 Å². The molecule has 3 aromatic rings. The first kappa shape index (κ1) is 22.4. The summed E-state index contributed by atoms with van der Waals surface area (Å²) in [6.45, 7) is 11.9. The predicted molar refractivity (Wildman–Crippen MR) is 133 cm³/mol. The fraction of sp³-hybridized carbons (Fsp3) is 0.231. The Morgan fingerprint density at radius 3 is 2.47 bits per heavy atom. The van der Waals surface area contributed by atoms with Gasteiger partial charge in [-0.2, -0.15) is 5.26 Å². The Bertz CT molecular complexity index is 1180. The average molecular weight is 506 g/mol. The van der Waals surface area contributed by atoms with Crippen LogP contribution < -0.4 is 4.90 Å². The van der Waals surface area contributed by atoms with Crippen molar-refractivity contribution in [2.24, 2.45) is 0 Å². The summed E-state index contributed by atoms with van der Waals surface area (Å²) in [5.41, 5.74) is 4.63. The van der Waals surface area contributed by atoms with Gasteiger partial charge in [-0.25, -0.2) is 4.85 Å². The van der Waals surface area contributed by atoms with Crippen molar-refractivity contribution in [3.05, 3.63) is 104 Å². The molecule has 1 heterocycles. The molecule has 4 nitrogen and oxygen atoms in total. The molecular weight excluding hydrogens is 484 g/mol. The molecule has 0 N–H and O–H groups in total. The maximum absolute atomic E-state index is 9.75. The molecule has 0 aliphatic carbocycles. The number of rotatable bonds is 4. The van der Waals surface area contributed by atoms with E-state index in [0.29, 0.717) is 16.3 Å². The molecule has 1 fully saturated rings. The van der Waals surface area contributed by atoms with E-state index >= 15 is 0 Å². The van der Waals surface area contributed by atoms with Gasteiger partial charge in [0.15, 0.2) is 5.69 Å². The molecule has 0 amide bonds. The standard InChI is InChI=1S/C26H22BrClN4/c1-18(19-5-10-24(30-2)11-6-19)31-13-14-32(25-12-7-22(27)15-21(25)16-29)26(17-31)20-3-8-23(28)9-4-20/h3-12,15,18,26H,13-14,17H2,1H3/t18?,26-/m0/s1. The lowest BCUT2D eigenvalue weighted by atomic mass is 9.97. The molecule has 0 radical (unpaired) electrons. The molecule has 4 rings (SSSR count). The second-order valence-corrected chi connectivity index (χ2v) is 9.26. The van der Waals surface area contributed by atoms with Crippen molar-refractivity contribution in [1.29, 1.82) is 5.26 Å². The van der Waals surface area contributed by atoms with Gasteiger partial charge in [0.1, 0.15) is 6.07 Å². The largest absolute Gasteiger partial charge is 0.361 e. The zero-order valence-electron chi connectivity index (χ0n) is 17.7. The number of hydrogen-bond acceptors (Lipinski definition) is 3. The molecule has 1 saturated heterocycles. The summed E-state index contributed by atoms with van der Waals surface area (Å²) in [7, 11) is 0. The summed E-state index contributed by atoms with van der Waals surface area (Å²) in [6.07, 6.45) is 0. The molecule has 32 heavy (non-hydrogen) atoms. The van der Waals surface area contributed by atoms with Gasteiger partial charge >= 0.3 is 0 Å². The van der Waals surface area contributed by atoms with E-state index < -0.39 is 0 Å². The maximum atomic E-state index is 9.75. The van der Waals surface area contributed by atoms with Gasteiger partial charge in [-0.3, -0.25) is 4.90 Å². The third kappa shape index (κ3) is 4.66. The highest BCUT2D eigenvalue weighted by Gasteiger charge is 2.32. The van der Waals surface area contributed by atoms with Gasteiger partial charge in [-0.1, -0.05) is 63.9 Å². The lowest BCUT2D eigenvalue weighted by Crippen LogP contribution is -2.49. The van der Waals surface area contributed by atoms with E-state index in [2.05, 4.69) is 55.7 Å². The van der Waals surface area contributed by atoms with Gasteiger partial charge in [0.05, 0.1) is 23.9 Å². The normalized spacial score (nSPS) is 17.4. The van der Waals surface area contributed by atoms with Crippen LogP contribution in [-0.2, 0) is 0 Å². The average Bonchev–Trinajstić information content (AvgIpc) is 2.84. The Balaban J connectivity index is 1.67. The van der Waals surface area contributed by atoms with E-state index in [0.717, 1.165) is 29.8 Å². The van der Waals surface area contributed by atoms with Crippen LogP contribution in [0.4, 0.5) is 11.4 Å². The quantitative estimate of drug-likeness (QED) is 0.353. The summed E-state index contributed by atoms with van der Waals surface area (Å²) >= 11 is 9.64. The molecule has 2 atom stereocenters. The number of piperazine rings is 1. The first-order valence-electron chi connectivity index (χ1n) is 10.4. The van der Waals surface area contributed by atoms with Crippen LogP contribution in [0, 0.1) is 17.9 Å². The Morgan fingerprint density at radius 1 is 1.09 bits per heavy atom. The van der Waals surface area contributed by atoms with Crippen molar-refractivity contribution in [3.8, 4) is 6.07 Å². The Labute approximate surface area is 202 Å². The number of halogens is 2. The van der Waals surface area contributed by atoms with Gasteiger partial charge < -0.3 is 4.90 Å². The minimum Gasteiger partial charge on any atom is -0.361 e. The maximum Gasteiger partial charge on any atom is 0.187 e. The number of nitrogens with zero attached hydrogens (tertiary/aromatic N) is 4. The van der Waals surface area contributed by atoms with Crippen LogP contribution in [0.3, 0.4) is 0 Å². The van der Waals surface area contributed by atoms with Crippen LogP contribution in [0.2, 0.25) is 5.02 Å². The van der Waals surface area contributed by atoms with Crippen LogP contribution in [-0.4, -0.2) is 24.5 Å². The fourth-order valence-electron chi connectivity index (χ4n) is 4.30. The SMILES string of the molecule is [C-]#[N+]c1ccc(C(C)N2CCN(c3ccc(Br)cc3C#N)[C@H](c3ccc(Cl)cc3)C2)cc1. The van der Waals surface area contributed by atoms with Gasteiger partial charge in [0, 0.05) is 35.2 Å². The summed E-state index contributed by atoms with van der Waals surface area (Å²) in [6, 6.07) is 24.4. The molecular formula is C26H22BrClN4. The molecule has 1 aliphatic heterocycles. The summed E-state index contributed by atoms with van der Waals surface area (Å²) in [5.74, 6) is 0. The van der Waals surface area contributed by atoms with Crippen LogP contribution in [0.15, 0.2) is 71.2 Å². The van der Waals surface area contributed by atoms with Crippen molar-refractivity contribution in [1.82, 2.24) is 4.90 Å². The third-order valence-corrected chi connectivity index (χ3v) is 6.85. The lowest BCUT2D eigenvalue weighted by molar-refractivity contribution is 0.171. The monoisotopic (exact) mass is 504 g/mol. The van der Waals surface area contributed by atoms with Crippen LogP contribution in [0.5, 0.6) is 0 Å². The van der Waals surface area contributed by atoms with Gasteiger partial charge in [0.2, 0.25) is 0 Å². The second-order valence-electron chi connectivity index (χ2n) is 7.91. The van der Waals surface area contributed by atoms with E-state index in [9.17, 15) is 5.26 Å². The predicted octanol–water partition coefficient (Wildman–Crippen LogP) is 7.15. The van der Waals surface area contributed by atoms with Gasteiger partial charge in [-0.05, 0) is 48.4 Å². The van der Waals surface area contributed by atoms with Crippen molar-refractivity contribution in [2.45, 2.75) is 19.0 Å². The zero-order valence-corrected chi connectivity index (χ0v) is 20.0. The Kier molecular flexibility index (Phi) is 6.82. The highest BCUT2D eigenvalue weighted by molar-refractivity contribution is 9.10. The molecule has 0 saturated carbocycles. The van der Waals surface area contributed by atoms with Crippen molar-refractivity contribution in [2.75, 3.05) is 24.5 Å². The minimum absolute atomic E-state index is 0.0826. The first-order valence-corrected chi connectivity index (χ1v) is 11.6. The Morgan fingerprint density at radius 2 is 1.81 bits per heavy atom. The number of anilines is 1. The van der Waals surface area contributed by atoms with E-state index in [1.807, 2.05) is 54.6 Å². The Hall–Kier alpha value is -2.83. The molecule has 1 aliphatic rings. The third-order valence-electron chi connectivity index (χ3n) is 6.11. The molecule has 6 heteroatoms. The number of hydrogen-bond donors (Lipinski definition) is 0. The number of benzene rings is 3. The molecule has 0 aromatic heterocycles. The second kappa shape index (κ2) is 9.76. The highest BCUT2D eigenvalue weighted by atomic mass is 79.9. The van der Waals surface area contributed by atoms with Crippen LogP contribution in [0.25, 0.3) is 4.85 Å². The minimum atomic E-state index is 0.0826.